The summed E-state index contributed by atoms with van der Waals surface area (Å²) in [7, 11) is 0. The third-order valence-corrected chi connectivity index (χ3v) is 2.74. The molecule has 92 valence electrons. The maximum Gasteiger partial charge on any atom is 0.227 e. The van der Waals surface area contributed by atoms with Gasteiger partial charge in [-0.05, 0) is 24.6 Å². The summed E-state index contributed by atoms with van der Waals surface area (Å²) in [5.41, 5.74) is 1.07. The number of nitriles is 1. The fourth-order valence-corrected chi connectivity index (χ4v) is 1.66. The highest BCUT2D eigenvalue weighted by Gasteiger charge is 2.10. The Morgan fingerprint density at radius 1 is 1.39 bits per heavy atom. The van der Waals surface area contributed by atoms with Gasteiger partial charge in [0.2, 0.25) is 5.89 Å². The van der Waals surface area contributed by atoms with Crippen LogP contribution in [0.1, 0.15) is 24.2 Å². The Morgan fingerprint density at radius 3 is 2.78 bits per heavy atom. The minimum Gasteiger partial charge on any atom is -0.339 e. The minimum absolute atomic E-state index is 0.117. The first kappa shape index (κ1) is 12.6. The summed E-state index contributed by atoms with van der Waals surface area (Å²) in [6.07, 6.45) is 1.09. The van der Waals surface area contributed by atoms with E-state index in [1.54, 1.807) is 0 Å². The van der Waals surface area contributed by atoms with E-state index in [-0.39, 0.29) is 5.92 Å². The van der Waals surface area contributed by atoms with Crippen molar-refractivity contribution in [2.24, 2.45) is 5.92 Å². The normalized spacial score (nSPS) is 12.1. The van der Waals surface area contributed by atoms with Crippen molar-refractivity contribution in [3.05, 3.63) is 46.6 Å². The van der Waals surface area contributed by atoms with Crippen molar-refractivity contribution in [2.45, 2.75) is 19.8 Å². The highest BCUT2D eigenvalue weighted by atomic mass is 35.5. The highest BCUT2D eigenvalue weighted by molar-refractivity contribution is 6.30. The van der Waals surface area contributed by atoms with E-state index in [0.29, 0.717) is 29.6 Å². The van der Waals surface area contributed by atoms with Crippen molar-refractivity contribution >= 4 is 11.6 Å². The maximum atomic E-state index is 8.71. The van der Waals surface area contributed by atoms with Crippen LogP contribution in [0.5, 0.6) is 0 Å². The quantitative estimate of drug-likeness (QED) is 0.849. The molecule has 0 radical (unpaired) electrons. The molecule has 0 N–H and O–H groups in total. The molecule has 0 saturated carbocycles. The van der Waals surface area contributed by atoms with Crippen LogP contribution in [0.25, 0.3) is 0 Å². The lowest BCUT2D eigenvalue weighted by molar-refractivity contribution is 0.365. The summed E-state index contributed by atoms with van der Waals surface area (Å²) in [6.45, 7) is 1.82. The molecule has 1 atom stereocenters. The zero-order valence-electron chi connectivity index (χ0n) is 9.93. The molecule has 5 heteroatoms. The Labute approximate surface area is 110 Å². The Balaban J connectivity index is 2.02. The predicted molar refractivity (Wildman–Crippen MR) is 67.0 cm³/mol. The number of aromatic nitrogens is 2. The van der Waals surface area contributed by atoms with Gasteiger partial charge in [-0.2, -0.15) is 10.2 Å². The van der Waals surface area contributed by atoms with Gasteiger partial charge in [-0.15, -0.1) is 0 Å². The largest absolute Gasteiger partial charge is 0.339 e. The molecular weight excluding hydrogens is 250 g/mol. The molecule has 4 nitrogen and oxygen atoms in total. The molecule has 1 aromatic carbocycles. The van der Waals surface area contributed by atoms with Crippen molar-refractivity contribution < 1.29 is 4.52 Å². The SMILES string of the molecule is CC(C#N)Cc1nc(Cc2ccc(Cl)cc2)no1. The topological polar surface area (TPSA) is 62.7 Å². The molecular formula is C13H12ClN3O. The first-order chi connectivity index (χ1) is 8.67. The van der Waals surface area contributed by atoms with E-state index in [0.717, 1.165) is 5.56 Å². The van der Waals surface area contributed by atoms with Crippen LogP contribution in [-0.4, -0.2) is 10.1 Å². The molecule has 0 saturated heterocycles. The van der Waals surface area contributed by atoms with Crippen LogP contribution in [0.4, 0.5) is 0 Å². The third kappa shape index (κ3) is 3.31. The second-order valence-electron chi connectivity index (χ2n) is 4.14. The lowest BCUT2D eigenvalue weighted by Crippen LogP contribution is -1.97. The van der Waals surface area contributed by atoms with Gasteiger partial charge in [0.05, 0.1) is 12.0 Å². The lowest BCUT2D eigenvalue weighted by Gasteiger charge is -1.96. The molecule has 0 amide bonds. The Morgan fingerprint density at radius 2 is 2.11 bits per heavy atom. The summed E-state index contributed by atoms with van der Waals surface area (Å²) in [4.78, 5) is 4.25. The molecule has 0 spiro atoms. The Kier molecular flexibility index (Phi) is 3.96. The third-order valence-electron chi connectivity index (χ3n) is 2.49. The molecule has 0 fully saturated rings. The number of halogens is 1. The minimum atomic E-state index is -0.117. The monoisotopic (exact) mass is 261 g/mol. The van der Waals surface area contributed by atoms with Crippen LogP contribution >= 0.6 is 11.6 Å². The van der Waals surface area contributed by atoms with Gasteiger partial charge in [0.15, 0.2) is 5.82 Å². The molecule has 0 aliphatic rings. The molecule has 2 rings (SSSR count). The molecule has 2 aromatic rings. The van der Waals surface area contributed by atoms with Crippen LogP contribution in [0, 0.1) is 17.2 Å². The van der Waals surface area contributed by atoms with Crippen molar-refractivity contribution in [2.75, 3.05) is 0 Å². The van der Waals surface area contributed by atoms with E-state index >= 15 is 0 Å². The fraction of sp³-hybridized carbons (Fsp3) is 0.308. The van der Waals surface area contributed by atoms with Crippen molar-refractivity contribution in [1.29, 1.82) is 5.26 Å². The maximum absolute atomic E-state index is 8.71. The average molecular weight is 262 g/mol. The molecule has 18 heavy (non-hydrogen) atoms. The van der Waals surface area contributed by atoms with E-state index in [4.69, 9.17) is 21.4 Å². The number of hydrogen-bond acceptors (Lipinski definition) is 4. The fourth-order valence-electron chi connectivity index (χ4n) is 1.54. The van der Waals surface area contributed by atoms with Crippen molar-refractivity contribution in [3.8, 4) is 6.07 Å². The number of rotatable bonds is 4. The zero-order valence-corrected chi connectivity index (χ0v) is 10.7. The number of hydrogen-bond donors (Lipinski definition) is 0. The summed E-state index contributed by atoms with van der Waals surface area (Å²) in [5, 5.41) is 13.3. The van der Waals surface area contributed by atoms with Crippen LogP contribution in [-0.2, 0) is 12.8 Å². The Bertz CT molecular complexity index is 556. The van der Waals surface area contributed by atoms with Gasteiger partial charge in [-0.3, -0.25) is 0 Å². The van der Waals surface area contributed by atoms with Gasteiger partial charge in [0.1, 0.15) is 0 Å². The standard InChI is InChI=1S/C13H12ClN3O/c1-9(8-15)6-13-16-12(17-18-13)7-10-2-4-11(14)5-3-10/h2-5,9H,6-7H2,1H3. The number of nitrogens with zero attached hydrogens (tertiary/aromatic N) is 3. The van der Waals surface area contributed by atoms with E-state index in [1.807, 2.05) is 31.2 Å². The predicted octanol–water partition coefficient (Wildman–Crippen LogP) is 3.02. The van der Waals surface area contributed by atoms with Gasteiger partial charge in [-0.1, -0.05) is 28.9 Å². The summed E-state index contributed by atoms with van der Waals surface area (Å²) in [6, 6.07) is 9.65. The summed E-state index contributed by atoms with van der Waals surface area (Å²) >= 11 is 5.81. The smallest absolute Gasteiger partial charge is 0.227 e. The molecule has 0 bridgehead atoms. The first-order valence-corrected chi connectivity index (χ1v) is 6.00. The molecule has 1 aromatic heterocycles. The van der Waals surface area contributed by atoms with Crippen LogP contribution < -0.4 is 0 Å². The van der Waals surface area contributed by atoms with E-state index < -0.39 is 0 Å². The van der Waals surface area contributed by atoms with Crippen LogP contribution in [0.15, 0.2) is 28.8 Å². The molecule has 1 unspecified atom stereocenters. The average Bonchev–Trinajstić information content (AvgIpc) is 2.79. The van der Waals surface area contributed by atoms with Gasteiger partial charge < -0.3 is 4.52 Å². The van der Waals surface area contributed by atoms with Gasteiger partial charge in [0, 0.05) is 17.9 Å². The zero-order chi connectivity index (χ0) is 13.0. The number of benzene rings is 1. The van der Waals surface area contributed by atoms with Gasteiger partial charge >= 0.3 is 0 Å². The summed E-state index contributed by atoms with van der Waals surface area (Å²) < 4.78 is 5.09. The second kappa shape index (κ2) is 5.65. The first-order valence-electron chi connectivity index (χ1n) is 5.63. The van der Waals surface area contributed by atoms with Crippen LogP contribution in [0.2, 0.25) is 5.02 Å². The van der Waals surface area contributed by atoms with E-state index in [9.17, 15) is 0 Å². The van der Waals surface area contributed by atoms with Crippen molar-refractivity contribution in [3.63, 3.8) is 0 Å². The van der Waals surface area contributed by atoms with Crippen LogP contribution in [0.3, 0.4) is 0 Å². The molecule has 1 heterocycles. The van der Waals surface area contributed by atoms with Gasteiger partial charge in [0.25, 0.3) is 0 Å². The lowest BCUT2D eigenvalue weighted by atomic mass is 10.1. The summed E-state index contributed by atoms with van der Waals surface area (Å²) in [5.74, 6) is 1.01. The highest BCUT2D eigenvalue weighted by Crippen LogP contribution is 2.13. The van der Waals surface area contributed by atoms with E-state index in [1.165, 1.54) is 0 Å². The Hall–Kier alpha value is -1.86. The second-order valence-corrected chi connectivity index (χ2v) is 4.58. The van der Waals surface area contributed by atoms with E-state index in [2.05, 4.69) is 16.2 Å². The molecule has 0 aliphatic carbocycles. The molecule has 0 aliphatic heterocycles. The van der Waals surface area contributed by atoms with Gasteiger partial charge in [-0.25, -0.2) is 0 Å². The van der Waals surface area contributed by atoms with Crippen molar-refractivity contribution in [1.82, 2.24) is 10.1 Å².